The molecule has 0 aromatic heterocycles. The van der Waals surface area contributed by atoms with E-state index in [-0.39, 0.29) is 17.3 Å². The molecule has 0 aromatic rings. The maximum Gasteiger partial charge on any atom is 0.316 e. The van der Waals surface area contributed by atoms with Crippen LogP contribution in [0.4, 0.5) is 0 Å². The van der Waals surface area contributed by atoms with E-state index in [0.29, 0.717) is 5.92 Å². The van der Waals surface area contributed by atoms with Crippen molar-refractivity contribution < 1.29 is 14.6 Å². The first kappa shape index (κ1) is 16.8. The topological polar surface area (TPSA) is 49.8 Å². The van der Waals surface area contributed by atoms with E-state index >= 15 is 0 Å². The van der Waals surface area contributed by atoms with Crippen molar-refractivity contribution in [3.05, 3.63) is 0 Å². The van der Waals surface area contributed by atoms with Gasteiger partial charge in [-0.2, -0.15) is 0 Å². The van der Waals surface area contributed by atoms with Crippen molar-refractivity contribution in [3.63, 3.8) is 0 Å². The number of ether oxygens (including phenoxy) is 1. The van der Waals surface area contributed by atoms with E-state index in [4.69, 9.17) is 4.74 Å². The molecule has 0 aliphatic carbocycles. The number of thioether (sulfide) groups is 1. The molecule has 0 bridgehead atoms. The number of hydrogen-bond acceptors (Lipinski definition) is 4. The molecule has 19 heavy (non-hydrogen) atoms. The number of carboxylic acids is 1. The minimum atomic E-state index is -0.713. The van der Waals surface area contributed by atoms with Crippen LogP contribution in [0.1, 0.15) is 27.7 Å². The van der Waals surface area contributed by atoms with Crippen LogP contribution in [-0.2, 0) is 9.53 Å². The number of rotatable bonds is 7. The molecule has 2 unspecified atom stereocenters. The molecule has 1 fully saturated rings. The van der Waals surface area contributed by atoms with Gasteiger partial charge in [0.15, 0.2) is 0 Å². The predicted octanol–water partition coefficient (Wildman–Crippen LogP) is 2.19. The van der Waals surface area contributed by atoms with Crippen molar-refractivity contribution in [2.75, 3.05) is 32.0 Å². The molecule has 1 N–H and O–H groups in total. The Hall–Kier alpha value is -0.260. The minimum Gasteiger partial charge on any atom is -0.480 e. The number of nitrogens with zero attached hydrogens (tertiary/aromatic N) is 1. The molecule has 112 valence electrons. The summed E-state index contributed by atoms with van der Waals surface area (Å²) in [5.74, 6) is 0.866. The van der Waals surface area contributed by atoms with Crippen molar-refractivity contribution >= 4 is 17.7 Å². The highest BCUT2D eigenvalue weighted by atomic mass is 32.2. The van der Waals surface area contributed by atoms with E-state index in [1.165, 1.54) is 11.8 Å². The average Bonchev–Trinajstić information content (AvgIpc) is 2.27. The zero-order valence-corrected chi connectivity index (χ0v) is 13.3. The molecule has 1 saturated heterocycles. The zero-order chi connectivity index (χ0) is 14.4. The molecule has 0 radical (unpaired) electrons. The second kappa shape index (κ2) is 8.12. The standard InChI is InChI=1S/C14H27NO3S/c1-10(2)7-15-5-6-18-12(8-15)9-19-13(11(3)4)14(16)17/h10-13H,5-9H2,1-4H3,(H,16,17). The highest BCUT2D eigenvalue weighted by Crippen LogP contribution is 2.22. The van der Waals surface area contributed by atoms with Gasteiger partial charge in [0, 0.05) is 25.4 Å². The molecule has 1 aliphatic rings. The molecular weight excluding hydrogens is 262 g/mol. The molecule has 5 heteroatoms. The summed E-state index contributed by atoms with van der Waals surface area (Å²) in [5, 5.41) is 8.84. The minimum absolute atomic E-state index is 0.151. The molecule has 1 aliphatic heterocycles. The Balaban J connectivity index is 2.37. The Morgan fingerprint density at radius 2 is 2.11 bits per heavy atom. The normalized spacial score (nSPS) is 22.9. The van der Waals surface area contributed by atoms with Crippen LogP contribution in [0, 0.1) is 11.8 Å². The van der Waals surface area contributed by atoms with Crippen LogP contribution >= 0.6 is 11.8 Å². The SMILES string of the molecule is CC(C)CN1CCOC(CSC(C(=O)O)C(C)C)C1. The summed E-state index contributed by atoms with van der Waals surface area (Å²) >= 11 is 1.51. The maximum atomic E-state index is 11.2. The van der Waals surface area contributed by atoms with Crippen LogP contribution in [0.2, 0.25) is 0 Å². The summed E-state index contributed by atoms with van der Waals surface area (Å²) in [6.07, 6.45) is 0.165. The maximum absolute atomic E-state index is 11.2. The fourth-order valence-corrected chi connectivity index (χ4v) is 3.47. The Morgan fingerprint density at radius 3 is 2.63 bits per heavy atom. The van der Waals surface area contributed by atoms with Crippen molar-refractivity contribution in [1.29, 1.82) is 0 Å². The summed E-state index contributed by atoms with van der Waals surface area (Å²) in [5.41, 5.74) is 0. The predicted molar refractivity (Wildman–Crippen MR) is 79.7 cm³/mol. The molecule has 0 aromatic carbocycles. The quantitative estimate of drug-likeness (QED) is 0.778. The van der Waals surface area contributed by atoms with Crippen molar-refractivity contribution in [1.82, 2.24) is 4.90 Å². The lowest BCUT2D eigenvalue weighted by Crippen LogP contribution is -2.45. The number of carbonyl (C=O) groups is 1. The smallest absolute Gasteiger partial charge is 0.316 e. The van der Waals surface area contributed by atoms with Gasteiger partial charge < -0.3 is 9.84 Å². The van der Waals surface area contributed by atoms with Crippen LogP contribution in [0.15, 0.2) is 0 Å². The van der Waals surface area contributed by atoms with Crippen LogP contribution < -0.4 is 0 Å². The summed E-state index contributed by atoms with van der Waals surface area (Å²) in [6, 6.07) is 0. The summed E-state index contributed by atoms with van der Waals surface area (Å²) in [7, 11) is 0. The van der Waals surface area contributed by atoms with Crippen molar-refractivity contribution in [2.24, 2.45) is 11.8 Å². The second-order valence-corrected chi connectivity index (χ2v) is 7.16. The lowest BCUT2D eigenvalue weighted by molar-refractivity contribution is -0.137. The second-order valence-electron chi connectivity index (χ2n) is 5.98. The van der Waals surface area contributed by atoms with E-state index in [0.717, 1.165) is 32.0 Å². The molecule has 1 heterocycles. The van der Waals surface area contributed by atoms with Gasteiger partial charge in [0.2, 0.25) is 0 Å². The third-order valence-electron chi connectivity index (χ3n) is 3.16. The van der Waals surface area contributed by atoms with Gasteiger partial charge in [-0.1, -0.05) is 27.7 Å². The van der Waals surface area contributed by atoms with Gasteiger partial charge in [0.1, 0.15) is 5.25 Å². The molecule has 0 amide bonds. The third-order valence-corrected chi connectivity index (χ3v) is 4.83. The summed E-state index contributed by atoms with van der Waals surface area (Å²) in [6.45, 7) is 12.1. The zero-order valence-electron chi connectivity index (χ0n) is 12.5. The molecular formula is C14H27NO3S. The Bertz CT molecular complexity index is 284. The van der Waals surface area contributed by atoms with Crippen LogP contribution in [0.3, 0.4) is 0 Å². The fraction of sp³-hybridized carbons (Fsp3) is 0.929. The van der Waals surface area contributed by atoms with E-state index in [9.17, 15) is 9.90 Å². The van der Waals surface area contributed by atoms with E-state index in [1.807, 2.05) is 13.8 Å². The van der Waals surface area contributed by atoms with E-state index in [1.54, 1.807) is 0 Å². The summed E-state index contributed by atoms with van der Waals surface area (Å²) < 4.78 is 5.74. The van der Waals surface area contributed by atoms with Crippen LogP contribution in [0.25, 0.3) is 0 Å². The first-order valence-corrected chi connectivity index (χ1v) is 8.13. The third kappa shape index (κ3) is 6.15. The largest absolute Gasteiger partial charge is 0.480 e. The van der Waals surface area contributed by atoms with Crippen molar-refractivity contribution in [2.45, 2.75) is 39.0 Å². The van der Waals surface area contributed by atoms with Crippen LogP contribution in [-0.4, -0.2) is 59.3 Å². The van der Waals surface area contributed by atoms with Crippen molar-refractivity contribution in [3.8, 4) is 0 Å². The highest BCUT2D eigenvalue weighted by Gasteiger charge is 2.26. The Kier molecular flexibility index (Phi) is 7.18. The monoisotopic (exact) mass is 289 g/mol. The number of aliphatic carboxylic acids is 1. The van der Waals surface area contributed by atoms with Gasteiger partial charge >= 0.3 is 5.97 Å². The van der Waals surface area contributed by atoms with Gasteiger partial charge in [0.05, 0.1) is 12.7 Å². The number of hydrogen-bond donors (Lipinski definition) is 1. The highest BCUT2D eigenvalue weighted by molar-refractivity contribution is 8.00. The van der Waals surface area contributed by atoms with E-state index in [2.05, 4.69) is 18.7 Å². The molecule has 0 spiro atoms. The van der Waals surface area contributed by atoms with Crippen LogP contribution in [0.5, 0.6) is 0 Å². The Labute approximate surface area is 120 Å². The fourth-order valence-electron chi connectivity index (χ4n) is 2.32. The lowest BCUT2D eigenvalue weighted by Gasteiger charge is -2.34. The first-order valence-electron chi connectivity index (χ1n) is 7.08. The lowest BCUT2D eigenvalue weighted by atomic mass is 10.1. The van der Waals surface area contributed by atoms with Gasteiger partial charge in [0.25, 0.3) is 0 Å². The van der Waals surface area contributed by atoms with Gasteiger partial charge in [-0.05, 0) is 11.8 Å². The number of carboxylic acid groups (broad SMARTS) is 1. The summed E-state index contributed by atoms with van der Waals surface area (Å²) in [4.78, 5) is 13.6. The Morgan fingerprint density at radius 1 is 1.42 bits per heavy atom. The first-order chi connectivity index (χ1) is 8.90. The van der Waals surface area contributed by atoms with E-state index < -0.39 is 5.97 Å². The average molecular weight is 289 g/mol. The molecule has 4 nitrogen and oxygen atoms in total. The number of morpholine rings is 1. The van der Waals surface area contributed by atoms with Gasteiger partial charge in [-0.25, -0.2) is 0 Å². The molecule has 0 saturated carbocycles. The molecule has 1 rings (SSSR count). The van der Waals surface area contributed by atoms with Gasteiger partial charge in [-0.15, -0.1) is 11.8 Å². The molecule has 2 atom stereocenters. The van der Waals surface area contributed by atoms with Gasteiger partial charge in [-0.3, -0.25) is 9.69 Å².